The molecular weight excluding hydrogens is 242 g/mol. The number of rotatable bonds is 3. The fraction of sp³-hybridized carbons (Fsp3) is 0.333. The van der Waals surface area contributed by atoms with E-state index in [9.17, 15) is 9.59 Å². The van der Waals surface area contributed by atoms with Gasteiger partial charge in [0.05, 0.1) is 7.11 Å². The fourth-order valence-electron chi connectivity index (χ4n) is 1.99. The predicted octanol–water partition coefficient (Wildman–Crippen LogP) is 1.90. The number of carbonyl (C=O) groups excluding carboxylic acids is 2. The summed E-state index contributed by atoms with van der Waals surface area (Å²) in [6, 6.07) is 7.51. The van der Waals surface area contributed by atoms with Gasteiger partial charge < -0.3 is 9.64 Å². The molecule has 1 fully saturated rings. The van der Waals surface area contributed by atoms with Gasteiger partial charge in [0, 0.05) is 32.0 Å². The van der Waals surface area contributed by atoms with Crippen LogP contribution in [0, 0.1) is 0 Å². The number of ether oxygens (including phenoxy) is 1. The van der Waals surface area contributed by atoms with E-state index in [-0.39, 0.29) is 11.7 Å². The fourth-order valence-corrected chi connectivity index (χ4v) is 1.99. The Kier molecular flexibility index (Phi) is 4.34. The van der Waals surface area contributed by atoms with Crippen LogP contribution in [0.1, 0.15) is 18.4 Å². The summed E-state index contributed by atoms with van der Waals surface area (Å²) in [4.78, 5) is 24.7. The highest BCUT2D eigenvalue weighted by atomic mass is 16.5. The number of carbonyl (C=O) groups is 2. The second-order valence-electron chi connectivity index (χ2n) is 4.47. The highest BCUT2D eigenvalue weighted by molar-refractivity contribution is 5.93. The van der Waals surface area contributed by atoms with Crippen molar-refractivity contribution in [1.82, 2.24) is 4.90 Å². The van der Waals surface area contributed by atoms with Crippen LogP contribution in [-0.2, 0) is 9.59 Å². The summed E-state index contributed by atoms with van der Waals surface area (Å²) in [6.07, 6.45) is 4.25. The molecule has 0 N–H and O–H groups in total. The number of nitrogens with zero attached hydrogens (tertiary/aromatic N) is 1. The van der Waals surface area contributed by atoms with Crippen LogP contribution in [0.5, 0.6) is 5.75 Å². The third-order valence-electron chi connectivity index (χ3n) is 3.14. The van der Waals surface area contributed by atoms with E-state index in [1.54, 1.807) is 24.2 Å². The molecule has 1 heterocycles. The van der Waals surface area contributed by atoms with Crippen LogP contribution in [-0.4, -0.2) is 36.8 Å². The average molecular weight is 259 g/mol. The topological polar surface area (TPSA) is 46.6 Å². The van der Waals surface area contributed by atoms with Gasteiger partial charge in [-0.2, -0.15) is 0 Å². The average Bonchev–Trinajstić information content (AvgIpc) is 2.46. The summed E-state index contributed by atoms with van der Waals surface area (Å²) in [5, 5.41) is 0. The largest absolute Gasteiger partial charge is 0.497 e. The van der Waals surface area contributed by atoms with Gasteiger partial charge in [0.15, 0.2) is 0 Å². The van der Waals surface area contributed by atoms with Gasteiger partial charge in [-0.3, -0.25) is 9.59 Å². The number of benzene rings is 1. The van der Waals surface area contributed by atoms with Gasteiger partial charge in [-0.15, -0.1) is 0 Å². The molecule has 0 saturated carbocycles. The monoisotopic (exact) mass is 259 g/mol. The maximum absolute atomic E-state index is 11.9. The lowest BCUT2D eigenvalue weighted by Gasteiger charge is -2.24. The van der Waals surface area contributed by atoms with E-state index in [0.717, 1.165) is 11.3 Å². The maximum atomic E-state index is 11.9. The van der Waals surface area contributed by atoms with Gasteiger partial charge in [0.25, 0.3) is 0 Å². The third-order valence-corrected chi connectivity index (χ3v) is 3.14. The lowest BCUT2D eigenvalue weighted by Crippen LogP contribution is -2.37. The van der Waals surface area contributed by atoms with Crippen molar-refractivity contribution in [2.24, 2.45) is 0 Å². The molecule has 100 valence electrons. The number of ketones is 1. The van der Waals surface area contributed by atoms with Gasteiger partial charge in [0.2, 0.25) is 5.91 Å². The molecule has 0 unspecified atom stereocenters. The molecule has 19 heavy (non-hydrogen) atoms. The SMILES string of the molecule is COc1cccc(/C=C/C(=O)N2CCC(=O)CC2)c1. The molecule has 0 aromatic heterocycles. The summed E-state index contributed by atoms with van der Waals surface area (Å²) >= 11 is 0. The molecule has 1 aliphatic heterocycles. The van der Waals surface area contributed by atoms with Crippen LogP contribution in [0.15, 0.2) is 30.3 Å². The Labute approximate surface area is 112 Å². The minimum atomic E-state index is -0.0460. The zero-order valence-electron chi connectivity index (χ0n) is 11.0. The van der Waals surface area contributed by atoms with Crippen molar-refractivity contribution in [3.05, 3.63) is 35.9 Å². The maximum Gasteiger partial charge on any atom is 0.246 e. The van der Waals surface area contributed by atoms with Crippen LogP contribution in [0.2, 0.25) is 0 Å². The van der Waals surface area contributed by atoms with E-state index in [4.69, 9.17) is 4.74 Å². The van der Waals surface area contributed by atoms with E-state index in [2.05, 4.69) is 0 Å². The van der Waals surface area contributed by atoms with E-state index < -0.39 is 0 Å². The zero-order valence-corrected chi connectivity index (χ0v) is 11.0. The van der Waals surface area contributed by atoms with Crippen LogP contribution >= 0.6 is 0 Å². The molecular formula is C15H17NO3. The standard InChI is InChI=1S/C15H17NO3/c1-19-14-4-2-3-12(11-14)5-6-15(18)16-9-7-13(17)8-10-16/h2-6,11H,7-10H2,1H3/b6-5+. The molecule has 4 heteroatoms. The molecule has 2 rings (SSSR count). The number of hydrogen-bond acceptors (Lipinski definition) is 3. The Hall–Kier alpha value is -2.10. The summed E-state index contributed by atoms with van der Waals surface area (Å²) < 4.78 is 5.12. The lowest BCUT2D eigenvalue weighted by molar-refractivity contribution is -0.130. The van der Waals surface area contributed by atoms with Crippen LogP contribution in [0.3, 0.4) is 0 Å². The quantitative estimate of drug-likeness (QED) is 0.779. The predicted molar refractivity (Wildman–Crippen MR) is 72.8 cm³/mol. The van der Waals surface area contributed by atoms with Crippen molar-refractivity contribution >= 4 is 17.8 Å². The van der Waals surface area contributed by atoms with Crippen molar-refractivity contribution in [2.45, 2.75) is 12.8 Å². The Morgan fingerprint density at radius 1 is 1.32 bits per heavy atom. The zero-order chi connectivity index (χ0) is 13.7. The Balaban J connectivity index is 1.97. The minimum absolute atomic E-state index is 0.0460. The van der Waals surface area contributed by atoms with E-state index in [1.807, 2.05) is 24.3 Å². The molecule has 1 amide bonds. The van der Waals surface area contributed by atoms with Crippen molar-refractivity contribution in [3.8, 4) is 5.75 Å². The Morgan fingerprint density at radius 2 is 2.05 bits per heavy atom. The summed E-state index contributed by atoms with van der Waals surface area (Å²) in [5.74, 6) is 0.953. The lowest BCUT2D eigenvalue weighted by atomic mass is 10.1. The van der Waals surface area contributed by atoms with Gasteiger partial charge in [-0.05, 0) is 23.8 Å². The molecule has 0 radical (unpaired) electrons. The van der Waals surface area contributed by atoms with Crippen molar-refractivity contribution in [3.63, 3.8) is 0 Å². The third kappa shape index (κ3) is 3.68. The van der Waals surface area contributed by atoms with Gasteiger partial charge in [-0.25, -0.2) is 0 Å². The summed E-state index contributed by atoms with van der Waals surface area (Å²) in [7, 11) is 1.61. The summed E-state index contributed by atoms with van der Waals surface area (Å²) in [6.45, 7) is 1.06. The van der Waals surface area contributed by atoms with E-state index in [0.29, 0.717) is 25.9 Å². The van der Waals surface area contributed by atoms with E-state index in [1.165, 1.54) is 0 Å². The van der Waals surface area contributed by atoms with E-state index >= 15 is 0 Å². The number of amides is 1. The van der Waals surface area contributed by atoms with Crippen molar-refractivity contribution < 1.29 is 14.3 Å². The van der Waals surface area contributed by atoms with Gasteiger partial charge >= 0.3 is 0 Å². The Morgan fingerprint density at radius 3 is 2.74 bits per heavy atom. The molecule has 0 atom stereocenters. The Bertz CT molecular complexity index is 498. The molecule has 1 saturated heterocycles. The normalized spacial score (nSPS) is 15.8. The highest BCUT2D eigenvalue weighted by Gasteiger charge is 2.18. The second-order valence-corrected chi connectivity index (χ2v) is 4.47. The first-order valence-corrected chi connectivity index (χ1v) is 6.32. The number of likely N-dealkylation sites (tertiary alicyclic amines) is 1. The van der Waals surface area contributed by atoms with Gasteiger partial charge in [-0.1, -0.05) is 12.1 Å². The number of Topliss-reactive ketones (excluding diaryl/α,β-unsaturated/α-hetero) is 1. The van der Waals surface area contributed by atoms with Crippen LogP contribution in [0.25, 0.3) is 6.08 Å². The second kappa shape index (κ2) is 6.18. The first-order chi connectivity index (χ1) is 9.19. The molecule has 0 aliphatic carbocycles. The first-order valence-electron chi connectivity index (χ1n) is 6.32. The number of hydrogen-bond donors (Lipinski definition) is 0. The van der Waals surface area contributed by atoms with Gasteiger partial charge in [0.1, 0.15) is 11.5 Å². The first kappa shape index (κ1) is 13.3. The minimum Gasteiger partial charge on any atom is -0.497 e. The van der Waals surface area contributed by atoms with Crippen LogP contribution in [0.4, 0.5) is 0 Å². The molecule has 1 aromatic carbocycles. The number of piperidine rings is 1. The van der Waals surface area contributed by atoms with Crippen LogP contribution < -0.4 is 4.74 Å². The van der Waals surface area contributed by atoms with Crippen molar-refractivity contribution in [1.29, 1.82) is 0 Å². The molecule has 0 spiro atoms. The highest BCUT2D eigenvalue weighted by Crippen LogP contribution is 2.14. The molecule has 4 nitrogen and oxygen atoms in total. The smallest absolute Gasteiger partial charge is 0.246 e. The molecule has 1 aromatic rings. The molecule has 1 aliphatic rings. The summed E-state index contributed by atoms with van der Waals surface area (Å²) in [5.41, 5.74) is 0.917. The van der Waals surface area contributed by atoms with Crippen molar-refractivity contribution in [2.75, 3.05) is 20.2 Å². The molecule has 0 bridgehead atoms. The number of methoxy groups -OCH3 is 1.